The molecule has 3 nitrogen and oxygen atoms in total. The Kier molecular flexibility index (Phi) is 3.84. The van der Waals surface area contributed by atoms with E-state index in [0.29, 0.717) is 0 Å². The molecule has 0 heterocycles. The van der Waals surface area contributed by atoms with E-state index in [1.807, 2.05) is 6.92 Å². The van der Waals surface area contributed by atoms with Crippen LogP contribution in [0, 0.1) is 0 Å². The Bertz CT molecular complexity index is 91.1. The maximum atomic E-state index is 10.7. The maximum Gasteiger partial charge on any atom is 0.316 e. The SMILES string of the molecule is CCCNC(=O)N(C)C. The maximum absolute atomic E-state index is 10.7. The normalized spacial score (nSPS) is 8.78. The lowest BCUT2D eigenvalue weighted by atomic mass is 10.5. The lowest BCUT2D eigenvalue weighted by Gasteiger charge is -2.10. The summed E-state index contributed by atoms with van der Waals surface area (Å²) in [6.45, 7) is 2.78. The van der Waals surface area contributed by atoms with E-state index in [0.717, 1.165) is 13.0 Å². The molecule has 0 rings (SSSR count). The summed E-state index contributed by atoms with van der Waals surface area (Å²) < 4.78 is 0. The molecule has 9 heavy (non-hydrogen) atoms. The first-order valence-corrected chi connectivity index (χ1v) is 3.13. The molecule has 0 aromatic heterocycles. The quantitative estimate of drug-likeness (QED) is 0.585. The van der Waals surface area contributed by atoms with E-state index in [1.165, 1.54) is 4.90 Å². The fourth-order valence-electron chi connectivity index (χ4n) is 0.390. The summed E-state index contributed by atoms with van der Waals surface area (Å²) >= 11 is 0. The second-order valence-electron chi connectivity index (χ2n) is 2.13. The fraction of sp³-hybridized carbons (Fsp3) is 0.833. The molecule has 0 unspecified atom stereocenters. The highest BCUT2D eigenvalue weighted by Crippen LogP contribution is 1.76. The average molecular weight is 130 g/mol. The molecule has 0 fully saturated rings. The molecule has 0 bridgehead atoms. The first kappa shape index (κ1) is 8.27. The Hall–Kier alpha value is -0.730. The summed E-state index contributed by atoms with van der Waals surface area (Å²) in [5.74, 6) is 0. The number of amides is 2. The first-order valence-electron chi connectivity index (χ1n) is 3.13. The monoisotopic (exact) mass is 130 g/mol. The van der Waals surface area contributed by atoms with Crippen LogP contribution in [0.4, 0.5) is 4.79 Å². The highest BCUT2D eigenvalue weighted by molar-refractivity contribution is 5.73. The smallest absolute Gasteiger partial charge is 0.316 e. The number of carbonyl (C=O) groups excluding carboxylic acids is 1. The molecular formula is C6H14N2O. The Morgan fingerprint density at radius 3 is 2.44 bits per heavy atom. The van der Waals surface area contributed by atoms with Crippen molar-refractivity contribution >= 4 is 6.03 Å². The summed E-state index contributed by atoms with van der Waals surface area (Å²) in [7, 11) is 3.45. The summed E-state index contributed by atoms with van der Waals surface area (Å²) in [5, 5.41) is 2.72. The van der Waals surface area contributed by atoms with Crippen molar-refractivity contribution in [1.29, 1.82) is 0 Å². The van der Waals surface area contributed by atoms with Crippen molar-refractivity contribution < 1.29 is 4.79 Å². The highest BCUT2D eigenvalue weighted by atomic mass is 16.2. The van der Waals surface area contributed by atoms with E-state index in [1.54, 1.807) is 14.1 Å². The molecule has 0 aromatic rings. The number of nitrogens with one attached hydrogen (secondary N) is 1. The Morgan fingerprint density at radius 2 is 2.11 bits per heavy atom. The molecule has 2 amide bonds. The Balaban J connectivity index is 3.28. The van der Waals surface area contributed by atoms with E-state index in [2.05, 4.69) is 5.32 Å². The second-order valence-corrected chi connectivity index (χ2v) is 2.13. The van der Waals surface area contributed by atoms with Gasteiger partial charge in [-0.15, -0.1) is 0 Å². The topological polar surface area (TPSA) is 32.3 Å². The van der Waals surface area contributed by atoms with Gasteiger partial charge in [0.2, 0.25) is 0 Å². The summed E-state index contributed by atoms with van der Waals surface area (Å²) in [4.78, 5) is 12.2. The van der Waals surface area contributed by atoms with Gasteiger partial charge >= 0.3 is 6.03 Å². The van der Waals surface area contributed by atoms with Gasteiger partial charge in [0.05, 0.1) is 0 Å². The lowest BCUT2D eigenvalue weighted by Crippen LogP contribution is -2.34. The van der Waals surface area contributed by atoms with Crippen LogP contribution in [0.1, 0.15) is 13.3 Å². The van der Waals surface area contributed by atoms with Gasteiger partial charge in [0, 0.05) is 20.6 Å². The second kappa shape index (κ2) is 4.18. The molecule has 0 aliphatic rings. The fourth-order valence-corrected chi connectivity index (χ4v) is 0.390. The van der Waals surface area contributed by atoms with Gasteiger partial charge in [0.1, 0.15) is 0 Å². The van der Waals surface area contributed by atoms with Crippen LogP contribution in [0.2, 0.25) is 0 Å². The van der Waals surface area contributed by atoms with Gasteiger partial charge in [-0.25, -0.2) is 4.79 Å². The molecule has 0 atom stereocenters. The van der Waals surface area contributed by atoms with Crippen LogP contribution in [-0.2, 0) is 0 Å². The molecule has 0 aliphatic carbocycles. The van der Waals surface area contributed by atoms with Crippen LogP contribution in [0.3, 0.4) is 0 Å². The van der Waals surface area contributed by atoms with Gasteiger partial charge in [-0.3, -0.25) is 0 Å². The van der Waals surface area contributed by atoms with Crippen molar-refractivity contribution in [2.75, 3.05) is 20.6 Å². The molecule has 54 valence electrons. The number of hydrogen-bond donors (Lipinski definition) is 1. The summed E-state index contributed by atoms with van der Waals surface area (Å²) in [5.41, 5.74) is 0. The van der Waals surface area contributed by atoms with Crippen molar-refractivity contribution in [2.24, 2.45) is 0 Å². The molecule has 0 saturated heterocycles. The van der Waals surface area contributed by atoms with Crippen LogP contribution in [-0.4, -0.2) is 31.6 Å². The molecule has 0 aromatic carbocycles. The number of urea groups is 1. The highest BCUT2D eigenvalue weighted by Gasteiger charge is 1.98. The molecule has 0 spiro atoms. The number of carbonyl (C=O) groups is 1. The summed E-state index contributed by atoms with van der Waals surface area (Å²) in [6, 6.07) is -0.0168. The Morgan fingerprint density at radius 1 is 1.56 bits per heavy atom. The van der Waals surface area contributed by atoms with Gasteiger partial charge in [-0.05, 0) is 6.42 Å². The van der Waals surface area contributed by atoms with Crippen LogP contribution in [0.15, 0.2) is 0 Å². The third-order valence-electron chi connectivity index (χ3n) is 0.932. The third-order valence-corrected chi connectivity index (χ3v) is 0.932. The van der Waals surface area contributed by atoms with Crippen LogP contribution >= 0.6 is 0 Å². The van der Waals surface area contributed by atoms with Gasteiger partial charge in [0.15, 0.2) is 0 Å². The molecule has 1 N–H and O–H groups in total. The van der Waals surface area contributed by atoms with Crippen LogP contribution in [0.5, 0.6) is 0 Å². The number of hydrogen-bond acceptors (Lipinski definition) is 1. The zero-order valence-electron chi connectivity index (χ0n) is 6.27. The average Bonchev–Trinajstić information content (AvgIpc) is 1.82. The van der Waals surface area contributed by atoms with Gasteiger partial charge in [-0.1, -0.05) is 6.92 Å². The van der Waals surface area contributed by atoms with E-state index in [4.69, 9.17) is 0 Å². The van der Waals surface area contributed by atoms with E-state index in [-0.39, 0.29) is 6.03 Å². The number of rotatable bonds is 2. The summed E-state index contributed by atoms with van der Waals surface area (Å²) in [6.07, 6.45) is 0.986. The van der Waals surface area contributed by atoms with Crippen molar-refractivity contribution in [3.63, 3.8) is 0 Å². The Labute approximate surface area is 56.0 Å². The minimum atomic E-state index is -0.0168. The van der Waals surface area contributed by atoms with Crippen molar-refractivity contribution in [1.82, 2.24) is 10.2 Å². The van der Waals surface area contributed by atoms with Crippen molar-refractivity contribution in [2.45, 2.75) is 13.3 Å². The number of nitrogens with zero attached hydrogens (tertiary/aromatic N) is 1. The molecule has 0 aliphatic heterocycles. The molecule has 0 radical (unpaired) electrons. The standard InChI is InChI=1S/C6H14N2O/c1-4-5-7-6(9)8(2)3/h4-5H2,1-3H3,(H,7,9). The van der Waals surface area contributed by atoms with E-state index < -0.39 is 0 Å². The zero-order valence-corrected chi connectivity index (χ0v) is 6.27. The van der Waals surface area contributed by atoms with Crippen molar-refractivity contribution in [3.8, 4) is 0 Å². The largest absolute Gasteiger partial charge is 0.338 e. The molecule has 0 saturated carbocycles. The van der Waals surface area contributed by atoms with Gasteiger partial charge in [0.25, 0.3) is 0 Å². The third kappa shape index (κ3) is 3.82. The van der Waals surface area contributed by atoms with Crippen LogP contribution in [0.25, 0.3) is 0 Å². The minimum absolute atomic E-state index is 0.0168. The molecular weight excluding hydrogens is 116 g/mol. The lowest BCUT2D eigenvalue weighted by molar-refractivity contribution is 0.217. The molecule has 3 heteroatoms. The zero-order chi connectivity index (χ0) is 7.28. The van der Waals surface area contributed by atoms with E-state index in [9.17, 15) is 4.79 Å². The predicted molar refractivity (Wildman–Crippen MR) is 37.4 cm³/mol. The predicted octanol–water partition coefficient (Wildman–Crippen LogP) is 0.668. The van der Waals surface area contributed by atoms with Gasteiger partial charge in [-0.2, -0.15) is 0 Å². The first-order chi connectivity index (χ1) is 4.18. The van der Waals surface area contributed by atoms with Gasteiger partial charge < -0.3 is 10.2 Å². The van der Waals surface area contributed by atoms with Crippen molar-refractivity contribution in [3.05, 3.63) is 0 Å². The van der Waals surface area contributed by atoms with Crippen LogP contribution < -0.4 is 5.32 Å². The minimum Gasteiger partial charge on any atom is -0.338 e. The van der Waals surface area contributed by atoms with E-state index >= 15 is 0 Å².